The summed E-state index contributed by atoms with van der Waals surface area (Å²) in [6.07, 6.45) is 1.41. The molecule has 1 aliphatic rings. The lowest BCUT2D eigenvalue weighted by Gasteiger charge is -2.22. The van der Waals surface area contributed by atoms with Crippen LogP contribution in [0.4, 0.5) is 8.78 Å². The summed E-state index contributed by atoms with van der Waals surface area (Å²) in [5.74, 6) is -2.39. The molecule has 5 heteroatoms. The van der Waals surface area contributed by atoms with Crippen LogP contribution in [0.3, 0.4) is 0 Å². The van der Waals surface area contributed by atoms with Gasteiger partial charge in [-0.05, 0) is 26.3 Å². The Morgan fingerprint density at radius 3 is 2.88 bits per heavy atom. The topological polar surface area (TPSA) is 24.9 Å². The molecule has 1 heterocycles. The van der Waals surface area contributed by atoms with Crippen molar-refractivity contribution in [2.24, 2.45) is 5.92 Å². The number of alkyl halides is 2. The van der Waals surface area contributed by atoms with Gasteiger partial charge in [0.1, 0.15) is 0 Å². The molecule has 96 valence electrons. The molecule has 0 bridgehead atoms. The molecule has 1 aliphatic carbocycles. The van der Waals surface area contributed by atoms with E-state index < -0.39 is 5.92 Å². The zero-order valence-electron chi connectivity index (χ0n) is 10.2. The number of nitrogens with zero attached hydrogens (tertiary/aromatic N) is 1. The van der Waals surface area contributed by atoms with E-state index in [1.165, 1.54) is 0 Å². The molecule has 1 fully saturated rings. The third-order valence-electron chi connectivity index (χ3n) is 3.48. The van der Waals surface area contributed by atoms with Gasteiger partial charge < -0.3 is 5.32 Å². The fourth-order valence-electron chi connectivity index (χ4n) is 2.56. The number of hydrogen-bond acceptors (Lipinski definition) is 3. The van der Waals surface area contributed by atoms with Gasteiger partial charge in [0.05, 0.1) is 10.7 Å². The van der Waals surface area contributed by atoms with Crippen molar-refractivity contribution in [1.82, 2.24) is 10.3 Å². The van der Waals surface area contributed by atoms with Gasteiger partial charge in [-0.1, -0.05) is 0 Å². The Bertz CT molecular complexity index is 378. The monoisotopic (exact) mass is 260 g/mol. The van der Waals surface area contributed by atoms with Gasteiger partial charge in [0, 0.05) is 30.7 Å². The average Bonchev–Trinajstić information content (AvgIpc) is 2.81. The average molecular weight is 260 g/mol. The molecule has 2 nitrogen and oxygen atoms in total. The third kappa shape index (κ3) is 3.22. The summed E-state index contributed by atoms with van der Waals surface area (Å²) < 4.78 is 26.4. The van der Waals surface area contributed by atoms with E-state index in [-0.39, 0.29) is 24.8 Å². The van der Waals surface area contributed by atoms with E-state index in [9.17, 15) is 8.78 Å². The summed E-state index contributed by atoms with van der Waals surface area (Å²) in [5.41, 5.74) is 1.02. The van der Waals surface area contributed by atoms with E-state index in [4.69, 9.17) is 0 Å². The van der Waals surface area contributed by atoms with E-state index >= 15 is 0 Å². The highest BCUT2D eigenvalue weighted by Gasteiger charge is 2.42. The summed E-state index contributed by atoms with van der Waals surface area (Å²) in [6.45, 7) is 1.96. The Morgan fingerprint density at radius 2 is 2.41 bits per heavy atom. The first kappa shape index (κ1) is 12.9. The molecular formula is C12H18F2N2S. The van der Waals surface area contributed by atoms with Crippen LogP contribution in [0.15, 0.2) is 5.38 Å². The second-order valence-corrected chi connectivity index (χ2v) is 5.88. The number of aromatic nitrogens is 1. The Hall–Kier alpha value is -0.550. The first-order valence-corrected chi connectivity index (χ1v) is 6.84. The lowest BCUT2D eigenvalue weighted by atomic mass is 9.94. The quantitative estimate of drug-likeness (QED) is 0.900. The molecular weight excluding hydrogens is 242 g/mol. The van der Waals surface area contributed by atoms with Crippen molar-refractivity contribution in [3.05, 3.63) is 16.1 Å². The van der Waals surface area contributed by atoms with Crippen LogP contribution in [0, 0.1) is 12.8 Å². The summed E-state index contributed by atoms with van der Waals surface area (Å²) in [5, 5.41) is 6.23. The van der Waals surface area contributed by atoms with Gasteiger partial charge in [-0.2, -0.15) is 0 Å². The highest BCUT2D eigenvalue weighted by molar-refractivity contribution is 7.09. The molecule has 1 aromatic heterocycles. The molecule has 0 aromatic carbocycles. The number of thiazole rings is 1. The minimum absolute atomic E-state index is 0.0155. The predicted molar refractivity (Wildman–Crippen MR) is 65.7 cm³/mol. The maximum absolute atomic E-state index is 13.2. The van der Waals surface area contributed by atoms with Gasteiger partial charge in [0.25, 0.3) is 0 Å². The van der Waals surface area contributed by atoms with Crippen LogP contribution in [-0.2, 0) is 6.42 Å². The molecule has 1 saturated carbocycles. The lowest BCUT2D eigenvalue weighted by Crippen LogP contribution is -2.35. The zero-order valence-corrected chi connectivity index (χ0v) is 11.0. The Kier molecular flexibility index (Phi) is 3.78. The lowest BCUT2D eigenvalue weighted by molar-refractivity contribution is 0.00342. The summed E-state index contributed by atoms with van der Waals surface area (Å²) in [4.78, 5) is 4.40. The molecule has 2 rings (SSSR count). The molecule has 0 aliphatic heterocycles. The van der Waals surface area contributed by atoms with Crippen molar-refractivity contribution in [1.29, 1.82) is 0 Å². The van der Waals surface area contributed by atoms with Crippen molar-refractivity contribution < 1.29 is 8.78 Å². The van der Waals surface area contributed by atoms with Crippen LogP contribution in [-0.4, -0.2) is 24.0 Å². The first-order chi connectivity index (χ1) is 8.00. The van der Waals surface area contributed by atoms with Crippen molar-refractivity contribution in [2.45, 2.75) is 44.6 Å². The second kappa shape index (κ2) is 4.98. The summed E-state index contributed by atoms with van der Waals surface area (Å²) in [6, 6.07) is 0.116. The van der Waals surface area contributed by atoms with E-state index in [1.807, 2.05) is 19.4 Å². The Labute approximate surface area is 104 Å². The zero-order chi connectivity index (χ0) is 12.5. The second-order valence-electron chi connectivity index (χ2n) is 4.82. The molecule has 2 unspecified atom stereocenters. The molecule has 0 spiro atoms. The normalized spacial score (nSPS) is 25.1. The number of likely N-dealkylation sites (N-methyl/N-ethyl adjacent to an activating group) is 1. The fraction of sp³-hybridized carbons (Fsp3) is 0.750. The van der Waals surface area contributed by atoms with Crippen molar-refractivity contribution in [3.63, 3.8) is 0 Å². The van der Waals surface area contributed by atoms with Crippen LogP contribution in [0.2, 0.25) is 0 Å². The van der Waals surface area contributed by atoms with Crippen molar-refractivity contribution in [3.8, 4) is 0 Å². The maximum atomic E-state index is 13.2. The van der Waals surface area contributed by atoms with Gasteiger partial charge in [-0.15, -0.1) is 11.3 Å². The largest absolute Gasteiger partial charge is 0.316 e. The predicted octanol–water partition coefficient (Wildman–Crippen LogP) is 3.02. The minimum atomic E-state index is -2.46. The molecule has 1 N–H and O–H groups in total. The van der Waals surface area contributed by atoms with Crippen molar-refractivity contribution in [2.75, 3.05) is 7.05 Å². The number of aryl methyl sites for hydroxylation is 1. The van der Waals surface area contributed by atoms with Gasteiger partial charge in [-0.3, -0.25) is 0 Å². The molecule has 0 saturated heterocycles. The maximum Gasteiger partial charge on any atom is 0.248 e. The van der Waals surface area contributed by atoms with E-state index in [0.717, 1.165) is 17.1 Å². The Morgan fingerprint density at radius 1 is 1.65 bits per heavy atom. The first-order valence-electron chi connectivity index (χ1n) is 5.96. The number of nitrogens with one attached hydrogen (secondary N) is 1. The van der Waals surface area contributed by atoms with E-state index in [1.54, 1.807) is 11.3 Å². The third-order valence-corrected chi connectivity index (χ3v) is 4.30. The molecule has 17 heavy (non-hydrogen) atoms. The van der Waals surface area contributed by atoms with Gasteiger partial charge in [-0.25, -0.2) is 13.8 Å². The van der Waals surface area contributed by atoms with Gasteiger partial charge in [0.2, 0.25) is 5.92 Å². The number of hydrogen-bond donors (Lipinski definition) is 1. The van der Waals surface area contributed by atoms with Crippen molar-refractivity contribution >= 4 is 11.3 Å². The van der Waals surface area contributed by atoms with E-state index in [0.29, 0.717) is 6.42 Å². The molecule has 2 atom stereocenters. The number of rotatable bonds is 4. The Balaban J connectivity index is 1.98. The van der Waals surface area contributed by atoms with Crippen LogP contribution in [0.25, 0.3) is 0 Å². The summed E-state index contributed by atoms with van der Waals surface area (Å²) >= 11 is 1.61. The SMILES string of the molecule is CNC(Cc1csc(C)n1)C1CCC(F)(F)C1. The highest BCUT2D eigenvalue weighted by atomic mass is 32.1. The van der Waals surface area contributed by atoms with Crippen LogP contribution < -0.4 is 5.32 Å². The standard InChI is InChI=1S/C12H18F2N2S/c1-8-16-10(7-17-8)5-11(15-2)9-3-4-12(13,14)6-9/h7,9,11,15H,3-6H2,1-2H3. The smallest absolute Gasteiger partial charge is 0.248 e. The van der Waals surface area contributed by atoms with Crippen LogP contribution >= 0.6 is 11.3 Å². The van der Waals surface area contributed by atoms with Crippen LogP contribution in [0.1, 0.15) is 30.0 Å². The minimum Gasteiger partial charge on any atom is -0.316 e. The molecule has 0 radical (unpaired) electrons. The van der Waals surface area contributed by atoms with Gasteiger partial charge >= 0.3 is 0 Å². The van der Waals surface area contributed by atoms with Crippen LogP contribution in [0.5, 0.6) is 0 Å². The highest BCUT2D eigenvalue weighted by Crippen LogP contribution is 2.40. The van der Waals surface area contributed by atoms with Gasteiger partial charge in [0.15, 0.2) is 0 Å². The summed E-state index contributed by atoms with van der Waals surface area (Å²) in [7, 11) is 1.85. The number of halogens is 2. The van der Waals surface area contributed by atoms with E-state index in [2.05, 4.69) is 10.3 Å². The fourth-order valence-corrected chi connectivity index (χ4v) is 3.18. The molecule has 0 amide bonds. The molecule has 1 aromatic rings.